The Kier molecular flexibility index (Phi) is 3.89. The van der Waals surface area contributed by atoms with E-state index in [4.69, 9.17) is 4.74 Å². The maximum Gasteiger partial charge on any atom is 0.233 e. The van der Waals surface area contributed by atoms with Crippen LogP contribution in [0.15, 0.2) is 18.2 Å². The van der Waals surface area contributed by atoms with Gasteiger partial charge < -0.3 is 4.74 Å². The van der Waals surface area contributed by atoms with Crippen molar-refractivity contribution in [1.82, 2.24) is 0 Å². The second-order valence-corrected chi connectivity index (χ2v) is 4.87. The number of anilines is 1. The summed E-state index contributed by atoms with van der Waals surface area (Å²) in [5.74, 6) is 0.381. The Hall–Kier alpha value is -1.56. The second kappa shape index (κ2) is 4.98. The van der Waals surface area contributed by atoms with Gasteiger partial charge in [0.25, 0.3) is 0 Å². The number of nitrogens with one attached hydrogen (secondary N) is 1. The van der Waals surface area contributed by atoms with Gasteiger partial charge in [0.15, 0.2) is 0 Å². The van der Waals surface area contributed by atoms with Crippen LogP contribution in [-0.2, 0) is 14.8 Å². The molecule has 0 heterocycles. The summed E-state index contributed by atoms with van der Waals surface area (Å²) in [6, 6.07) is 4.40. The zero-order valence-corrected chi connectivity index (χ0v) is 9.80. The third-order valence-electron chi connectivity index (χ3n) is 1.69. The van der Waals surface area contributed by atoms with E-state index in [0.717, 1.165) is 6.26 Å². The van der Waals surface area contributed by atoms with Gasteiger partial charge in [-0.3, -0.25) is 9.52 Å². The van der Waals surface area contributed by atoms with E-state index in [1.54, 1.807) is 13.2 Å². The van der Waals surface area contributed by atoms with Gasteiger partial charge in [0.05, 0.1) is 18.6 Å². The number of rotatable bonds is 5. The second-order valence-electron chi connectivity index (χ2n) is 3.12. The van der Waals surface area contributed by atoms with E-state index in [-0.39, 0.29) is 11.3 Å². The predicted octanol–water partition coefficient (Wildman–Crippen LogP) is 0.915. The van der Waals surface area contributed by atoms with Crippen molar-refractivity contribution >= 4 is 22.0 Å². The molecular weight excluding hydrogens is 230 g/mol. The molecule has 0 spiro atoms. The van der Waals surface area contributed by atoms with E-state index in [1.165, 1.54) is 18.2 Å². The summed E-state index contributed by atoms with van der Waals surface area (Å²) in [7, 11) is -3.40. The molecule has 0 amide bonds. The molecule has 1 aromatic rings. The van der Waals surface area contributed by atoms with Crippen LogP contribution in [0.25, 0.3) is 0 Å². The highest BCUT2D eigenvalue weighted by Gasteiger charge is 2.09. The summed E-state index contributed by atoms with van der Waals surface area (Å²) >= 11 is 0. The molecule has 1 rings (SSSR count). The fourth-order valence-electron chi connectivity index (χ4n) is 1.15. The van der Waals surface area contributed by atoms with Crippen molar-refractivity contribution in [2.45, 2.75) is 6.92 Å². The molecule has 16 heavy (non-hydrogen) atoms. The predicted molar refractivity (Wildman–Crippen MR) is 60.9 cm³/mol. The highest BCUT2D eigenvalue weighted by Crippen LogP contribution is 2.26. The average Bonchev–Trinajstić information content (AvgIpc) is 2.18. The SMILES string of the molecule is CCOc1ccc([C]=O)cc1NS(C)(=O)=O. The lowest BCUT2D eigenvalue weighted by molar-refractivity contribution is 0.342. The van der Waals surface area contributed by atoms with Crippen molar-refractivity contribution in [2.24, 2.45) is 0 Å². The van der Waals surface area contributed by atoms with Gasteiger partial charge in [0.2, 0.25) is 16.3 Å². The molecule has 87 valence electrons. The number of carbonyl (C=O) groups excluding carboxylic acids is 1. The fourth-order valence-corrected chi connectivity index (χ4v) is 1.71. The minimum Gasteiger partial charge on any atom is -0.492 e. The molecule has 1 N–H and O–H groups in total. The number of ether oxygens (including phenoxy) is 1. The number of sulfonamides is 1. The molecule has 5 nitrogen and oxygen atoms in total. The minimum absolute atomic E-state index is 0.241. The van der Waals surface area contributed by atoms with Crippen molar-refractivity contribution in [1.29, 1.82) is 0 Å². The Labute approximate surface area is 94.5 Å². The van der Waals surface area contributed by atoms with E-state index in [9.17, 15) is 13.2 Å². The van der Waals surface area contributed by atoms with Crippen LogP contribution in [0.2, 0.25) is 0 Å². The van der Waals surface area contributed by atoms with Gasteiger partial charge in [-0.2, -0.15) is 0 Å². The first-order chi connectivity index (χ1) is 7.46. The van der Waals surface area contributed by atoms with Crippen LogP contribution in [0, 0.1) is 0 Å². The van der Waals surface area contributed by atoms with E-state index in [2.05, 4.69) is 4.72 Å². The van der Waals surface area contributed by atoms with Crippen molar-refractivity contribution in [2.75, 3.05) is 17.6 Å². The van der Waals surface area contributed by atoms with Crippen LogP contribution < -0.4 is 9.46 Å². The molecule has 0 saturated carbocycles. The molecule has 1 radical (unpaired) electrons. The molecule has 0 bridgehead atoms. The molecule has 0 unspecified atom stereocenters. The zero-order valence-electron chi connectivity index (χ0n) is 8.98. The normalized spacial score (nSPS) is 10.9. The molecule has 6 heteroatoms. The van der Waals surface area contributed by atoms with Gasteiger partial charge in [-0.1, -0.05) is 0 Å². The molecule has 0 aliphatic heterocycles. The maximum atomic E-state index is 11.1. The highest BCUT2D eigenvalue weighted by atomic mass is 32.2. The molecular formula is C10H12NO4S. The first-order valence-electron chi connectivity index (χ1n) is 4.59. The molecule has 0 aliphatic carbocycles. The molecule has 0 atom stereocenters. The van der Waals surface area contributed by atoms with Crippen LogP contribution in [0.4, 0.5) is 5.69 Å². The van der Waals surface area contributed by atoms with Crippen LogP contribution in [0.1, 0.15) is 12.5 Å². The monoisotopic (exact) mass is 242 g/mol. The lowest BCUT2D eigenvalue weighted by Gasteiger charge is -2.11. The van der Waals surface area contributed by atoms with E-state index in [0.29, 0.717) is 12.4 Å². The standard InChI is InChI=1S/C10H12NO4S/c1-3-15-10-5-4-8(7-12)6-9(10)11-16(2,13)14/h4-6,11H,3H2,1-2H3. The summed E-state index contributed by atoms with van der Waals surface area (Å²) in [4.78, 5) is 10.5. The molecule has 0 saturated heterocycles. The first-order valence-corrected chi connectivity index (χ1v) is 6.48. The topological polar surface area (TPSA) is 72.5 Å². The molecule has 0 fully saturated rings. The molecule has 0 aromatic heterocycles. The molecule has 0 aliphatic rings. The Morgan fingerprint density at radius 3 is 2.62 bits per heavy atom. The largest absolute Gasteiger partial charge is 0.492 e. The van der Waals surface area contributed by atoms with Crippen LogP contribution in [-0.4, -0.2) is 27.6 Å². The Morgan fingerprint density at radius 1 is 1.44 bits per heavy atom. The third kappa shape index (κ3) is 3.54. The molecule has 1 aromatic carbocycles. The number of hydrogen-bond donors (Lipinski definition) is 1. The van der Waals surface area contributed by atoms with Crippen LogP contribution in [0.3, 0.4) is 0 Å². The van der Waals surface area contributed by atoms with Crippen molar-refractivity contribution in [3.05, 3.63) is 23.8 Å². The Balaban J connectivity index is 3.14. The van der Waals surface area contributed by atoms with Crippen molar-refractivity contribution in [3.63, 3.8) is 0 Å². The van der Waals surface area contributed by atoms with Crippen molar-refractivity contribution < 1.29 is 17.9 Å². The summed E-state index contributed by atoms with van der Waals surface area (Å²) < 4.78 is 29.7. The van der Waals surface area contributed by atoms with E-state index >= 15 is 0 Å². The van der Waals surface area contributed by atoms with Gasteiger partial charge in [0.1, 0.15) is 5.75 Å². The Morgan fingerprint density at radius 2 is 2.12 bits per heavy atom. The minimum atomic E-state index is -3.40. The van der Waals surface area contributed by atoms with Gasteiger partial charge in [-0.25, -0.2) is 8.42 Å². The lowest BCUT2D eigenvalue weighted by Crippen LogP contribution is -2.11. The van der Waals surface area contributed by atoms with Crippen LogP contribution >= 0.6 is 0 Å². The maximum absolute atomic E-state index is 11.1. The van der Waals surface area contributed by atoms with E-state index < -0.39 is 10.0 Å². The summed E-state index contributed by atoms with van der Waals surface area (Å²) in [5.41, 5.74) is 0.500. The zero-order chi connectivity index (χ0) is 12.2. The average molecular weight is 242 g/mol. The van der Waals surface area contributed by atoms with Crippen molar-refractivity contribution in [3.8, 4) is 5.75 Å². The van der Waals surface area contributed by atoms with Gasteiger partial charge in [-0.05, 0) is 25.1 Å². The quantitative estimate of drug-likeness (QED) is 0.833. The Bertz CT molecular complexity index is 482. The van der Waals surface area contributed by atoms with E-state index in [1.807, 2.05) is 0 Å². The number of benzene rings is 1. The van der Waals surface area contributed by atoms with Gasteiger partial charge >= 0.3 is 0 Å². The van der Waals surface area contributed by atoms with Crippen LogP contribution in [0.5, 0.6) is 5.75 Å². The summed E-state index contributed by atoms with van der Waals surface area (Å²) in [6.07, 6.45) is 2.71. The number of hydrogen-bond acceptors (Lipinski definition) is 4. The smallest absolute Gasteiger partial charge is 0.233 e. The first kappa shape index (κ1) is 12.5. The summed E-state index contributed by atoms with van der Waals surface area (Å²) in [5, 5.41) is 0. The van der Waals surface area contributed by atoms with Gasteiger partial charge in [-0.15, -0.1) is 0 Å². The fraction of sp³-hybridized carbons (Fsp3) is 0.300. The van der Waals surface area contributed by atoms with Gasteiger partial charge in [0, 0.05) is 5.56 Å². The lowest BCUT2D eigenvalue weighted by atomic mass is 10.2. The third-order valence-corrected chi connectivity index (χ3v) is 2.28. The summed E-state index contributed by atoms with van der Waals surface area (Å²) in [6.45, 7) is 2.19. The highest BCUT2D eigenvalue weighted by molar-refractivity contribution is 7.92.